The number of carbonyl (C=O) groups is 1. The van der Waals surface area contributed by atoms with Crippen molar-refractivity contribution in [3.8, 4) is 0 Å². The summed E-state index contributed by atoms with van der Waals surface area (Å²) < 4.78 is 26.2. The monoisotopic (exact) mass is 338 g/mol. The zero-order valence-electron chi connectivity index (χ0n) is 8.63. The Morgan fingerprint density at radius 2 is 2.24 bits per heavy atom. The topological polar surface area (TPSA) is 77.5 Å². The number of thiophene rings is 1. The van der Waals surface area contributed by atoms with Gasteiger partial charge in [-0.15, -0.1) is 11.3 Å². The highest BCUT2D eigenvalue weighted by atomic mass is 79.9. The third kappa shape index (κ3) is 2.40. The van der Waals surface area contributed by atoms with Gasteiger partial charge in [-0.3, -0.25) is 0 Å². The van der Waals surface area contributed by atoms with E-state index in [4.69, 9.17) is 0 Å². The number of sulfonamides is 1. The Morgan fingerprint density at radius 1 is 1.53 bits per heavy atom. The molecule has 1 aliphatic heterocycles. The van der Waals surface area contributed by atoms with Crippen molar-refractivity contribution in [1.29, 1.82) is 0 Å². The summed E-state index contributed by atoms with van der Waals surface area (Å²) in [5, 5.41) is 10.9. The van der Waals surface area contributed by atoms with E-state index in [1.165, 1.54) is 6.07 Å². The summed E-state index contributed by atoms with van der Waals surface area (Å²) in [6.07, 6.45) is 0.860. The molecule has 0 spiro atoms. The predicted molar refractivity (Wildman–Crippen MR) is 63.9 cm³/mol. The second kappa shape index (κ2) is 4.68. The van der Waals surface area contributed by atoms with Gasteiger partial charge in [0.1, 0.15) is 4.21 Å². The molecule has 0 saturated carbocycles. The molecular formula is C9H9BrNO4S2-. The molecule has 0 aromatic carbocycles. The van der Waals surface area contributed by atoms with Crippen LogP contribution >= 0.6 is 27.3 Å². The average molecular weight is 339 g/mol. The van der Waals surface area contributed by atoms with Crippen molar-refractivity contribution in [3.63, 3.8) is 0 Å². The van der Waals surface area contributed by atoms with Crippen LogP contribution < -0.4 is 5.11 Å². The Labute approximate surface area is 111 Å². The highest BCUT2D eigenvalue weighted by Crippen LogP contribution is 2.32. The summed E-state index contributed by atoms with van der Waals surface area (Å²) in [6, 6.07) is 2.05. The molecule has 2 rings (SSSR count). The number of halogens is 1. The maximum atomic E-state index is 12.2. The molecule has 94 valence electrons. The molecule has 0 radical (unpaired) electrons. The van der Waals surface area contributed by atoms with Gasteiger partial charge in [-0.05, 0) is 40.9 Å². The average Bonchev–Trinajstić information content (AvgIpc) is 2.84. The van der Waals surface area contributed by atoms with Gasteiger partial charge in [0.25, 0.3) is 10.0 Å². The van der Waals surface area contributed by atoms with E-state index in [1.54, 1.807) is 6.07 Å². The van der Waals surface area contributed by atoms with Crippen molar-refractivity contribution in [2.75, 3.05) is 6.54 Å². The lowest BCUT2D eigenvalue weighted by Gasteiger charge is -2.23. The number of carbonyl (C=O) groups excluding carboxylic acids is 1. The van der Waals surface area contributed by atoms with E-state index in [1.807, 2.05) is 0 Å². The largest absolute Gasteiger partial charge is 0.548 e. The van der Waals surface area contributed by atoms with Crippen LogP contribution in [0.4, 0.5) is 0 Å². The fourth-order valence-electron chi connectivity index (χ4n) is 1.82. The van der Waals surface area contributed by atoms with E-state index in [2.05, 4.69) is 15.9 Å². The summed E-state index contributed by atoms with van der Waals surface area (Å²) in [7, 11) is -3.71. The number of carboxylic acid groups (broad SMARTS) is 1. The van der Waals surface area contributed by atoms with Crippen LogP contribution in [-0.2, 0) is 14.8 Å². The van der Waals surface area contributed by atoms with Gasteiger partial charge in [-0.2, -0.15) is 4.31 Å². The minimum atomic E-state index is -3.71. The standard InChI is InChI=1S/C9H10BrNO4S2/c10-7-3-4-8(16-7)17(14,15)11-5-1-2-6(11)9(12)13/h3-4,6H,1-2,5H2,(H,12,13)/p-1/t6-/m0/s1. The third-order valence-corrected chi connectivity index (χ3v) is 6.59. The van der Waals surface area contributed by atoms with E-state index >= 15 is 0 Å². The lowest BCUT2D eigenvalue weighted by molar-refractivity contribution is -0.309. The van der Waals surface area contributed by atoms with Crippen molar-refractivity contribution < 1.29 is 18.3 Å². The van der Waals surface area contributed by atoms with Gasteiger partial charge in [-0.1, -0.05) is 0 Å². The van der Waals surface area contributed by atoms with Crippen LogP contribution in [0.15, 0.2) is 20.1 Å². The van der Waals surface area contributed by atoms with E-state index in [-0.39, 0.29) is 10.8 Å². The predicted octanol–water partition coefficient (Wildman–Crippen LogP) is 0.414. The molecule has 1 saturated heterocycles. The number of rotatable bonds is 3. The number of hydrogen-bond donors (Lipinski definition) is 0. The highest BCUT2D eigenvalue weighted by Gasteiger charge is 2.36. The SMILES string of the molecule is O=C([O-])[C@@H]1CCCN1S(=O)(=O)c1ccc(Br)s1. The van der Waals surface area contributed by atoms with Crippen molar-refractivity contribution >= 4 is 43.3 Å². The van der Waals surface area contributed by atoms with Crippen LogP contribution in [0, 0.1) is 0 Å². The van der Waals surface area contributed by atoms with Crippen LogP contribution in [-0.4, -0.2) is 31.3 Å². The lowest BCUT2D eigenvalue weighted by Crippen LogP contribution is -2.46. The molecule has 0 unspecified atom stereocenters. The summed E-state index contributed by atoms with van der Waals surface area (Å²) in [5.41, 5.74) is 0. The zero-order chi connectivity index (χ0) is 12.6. The maximum absolute atomic E-state index is 12.2. The van der Waals surface area contributed by atoms with E-state index in [9.17, 15) is 18.3 Å². The molecule has 17 heavy (non-hydrogen) atoms. The second-order valence-corrected chi connectivity index (χ2v) is 8.23. The molecule has 5 nitrogen and oxygen atoms in total. The van der Waals surface area contributed by atoms with Crippen molar-refractivity contribution in [3.05, 3.63) is 15.9 Å². The van der Waals surface area contributed by atoms with Gasteiger partial charge in [0, 0.05) is 6.54 Å². The molecule has 8 heteroatoms. The summed E-state index contributed by atoms with van der Waals surface area (Å²) >= 11 is 4.25. The summed E-state index contributed by atoms with van der Waals surface area (Å²) in [6.45, 7) is 0.233. The molecule has 0 bridgehead atoms. The van der Waals surface area contributed by atoms with E-state index in [0.29, 0.717) is 16.6 Å². The lowest BCUT2D eigenvalue weighted by atomic mass is 10.2. The molecule has 2 heterocycles. The van der Waals surface area contributed by atoms with Gasteiger partial charge in [-0.25, -0.2) is 8.42 Å². The first-order valence-corrected chi connectivity index (χ1v) is 7.96. The molecule has 0 amide bonds. The quantitative estimate of drug-likeness (QED) is 0.799. The number of carboxylic acids is 1. The van der Waals surface area contributed by atoms with Gasteiger partial charge in [0.2, 0.25) is 0 Å². The molecule has 0 aliphatic carbocycles. The second-order valence-electron chi connectivity index (χ2n) is 3.65. The van der Waals surface area contributed by atoms with Crippen molar-refractivity contribution in [2.24, 2.45) is 0 Å². The van der Waals surface area contributed by atoms with Gasteiger partial charge in [0.05, 0.1) is 15.8 Å². The number of nitrogens with zero attached hydrogens (tertiary/aromatic N) is 1. The van der Waals surface area contributed by atoms with Gasteiger partial charge < -0.3 is 9.90 Å². The maximum Gasteiger partial charge on any atom is 0.253 e. The van der Waals surface area contributed by atoms with E-state index in [0.717, 1.165) is 15.6 Å². The minimum Gasteiger partial charge on any atom is -0.548 e. The van der Waals surface area contributed by atoms with Crippen LogP contribution in [0.25, 0.3) is 0 Å². The first-order chi connectivity index (χ1) is 7.93. The summed E-state index contributed by atoms with van der Waals surface area (Å²) in [5.74, 6) is -1.33. The Balaban J connectivity index is 2.36. The molecule has 1 aromatic heterocycles. The van der Waals surface area contributed by atoms with Crippen LogP contribution in [0.5, 0.6) is 0 Å². The third-order valence-electron chi connectivity index (χ3n) is 2.59. The smallest absolute Gasteiger partial charge is 0.253 e. The first-order valence-electron chi connectivity index (χ1n) is 4.91. The number of hydrogen-bond acceptors (Lipinski definition) is 5. The highest BCUT2D eigenvalue weighted by molar-refractivity contribution is 9.11. The van der Waals surface area contributed by atoms with Crippen LogP contribution in [0.1, 0.15) is 12.8 Å². The molecular weight excluding hydrogens is 330 g/mol. The van der Waals surface area contributed by atoms with Crippen molar-refractivity contribution in [2.45, 2.75) is 23.1 Å². The molecule has 1 atom stereocenters. The molecule has 1 fully saturated rings. The van der Waals surface area contributed by atoms with Gasteiger partial charge in [0.15, 0.2) is 0 Å². The Kier molecular flexibility index (Phi) is 3.58. The van der Waals surface area contributed by atoms with Crippen molar-refractivity contribution in [1.82, 2.24) is 4.31 Å². The van der Waals surface area contributed by atoms with Crippen LogP contribution in [0.3, 0.4) is 0 Å². The molecule has 1 aromatic rings. The normalized spacial score (nSPS) is 21.8. The first kappa shape index (κ1) is 13.0. The Bertz CT molecular complexity index is 539. The van der Waals surface area contributed by atoms with E-state index < -0.39 is 22.0 Å². The Morgan fingerprint density at radius 3 is 2.76 bits per heavy atom. The number of aliphatic carboxylic acids is 1. The fraction of sp³-hybridized carbons (Fsp3) is 0.444. The Hall–Kier alpha value is -0.440. The summed E-state index contributed by atoms with van der Waals surface area (Å²) in [4.78, 5) is 10.9. The molecule has 0 N–H and O–H groups in total. The molecule has 1 aliphatic rings. The minimum absolute atomic E-state index is 0.150. The zero-order valence-corrected chi connectivity index (χ0v) is 11.8. The van der Waals surface area contributed by atoms with Crippen LogP contribution in [0.2, 0.25) is 0 Å². The fourth-order valence-corrected chi connectivity index (χ4v) is 5.60. The van der Waals surface area contributed by atoms with Gasteiger partial charge >= 0.3 is 0 Å².